The number of nitrogens with one attached hydrogen (secondary N) is 1. The number of rotatable bonds is 9. The van der Waals surface area contributed by atoms with Crippen molar-refractivity contribution in [1.29, 1.82) is 0 Å². The van der Waals surface area contributed by atoms with Gasteiger partial charge in [-0.1, -0.05) is 24.7 Å². The van der Waals surface area contributed by atoms with Crippen LogP contribution < -0.4 is 5.32 Å². The van der Waals surface area contributed by atoms with Crippen LogP contribution in [0.3, 0.4) is 0 Å². The molecule has 1 aromatic rings. The molecule has 1 aliphatic heterocycles. The van der Waals surface area contributed by atoms with Gasteiger partial charge in [0.1, 0.15) is 5.01 Å². The van der Waals surface area contributed by atoms with Crippen LogP contribution in [0.25, 0.3) is 0 Å². The highest BCUT2D eigenvalue weighted by molar-refractivity contribution is 7.15. The highest BCUT2D eigenvalue weighted by atomic mass is 32.1. The highest BCUT2D eigenvalue weighted by Gasteiger charge is 2.34. The number of amides is 2. The standard InChI is InChI=1S/C15H24N4O3S/c1-3-5-7-19-10-11(9-13(19)20)14(21)16-15-18-17-12(23-15)6-8-22-4-2/h11H,3-10H2,1-2H3,(H,16,18,21)/t11-/m1/s1. The van der Waals surface area contributed by atoms with Crippen molar-refractivity contribution in [2.45, 2.75) is 39.5 Å². The lowest BCUT2D eigenvalue weighted by atomic mass is 10.1. The van der Waals surface area contributed by atoms with Crippen molar-refractivity contribution in [2.24, 2.45) is 5.92 Å². The molecule has 1 fully saturated rings. The van der Waals surface area contributed by atoms with Crippen molar-refractivity contribution in [1.82, 2.24) is 15.1 Å². The molecule has 128 valence electrons. The maximum atomic E-state index is 12.3. The Balaban J connectivity index is 1.81. The van der Waals surface area contributed by atoms with Crippen LogP contribution in [0.5, 0.6) is 0 Å². The topological polar surface area (TPSA) is 84.4 Å². The fraction of sp³-hybridized carbons (Fsp3) is 0.733. The number of anilines is 1. The van der Waals surface area contributed by atoms with E-state index >= 15 is 0 Å². The molecule has 2 amide bonds. The predicted molar refractivity (Wildman–Crippen MR) is 88.3 cm³/mol. The van der Waals surface area contributed by atoms with Crippen LogP contribution in [0.1, 0.15) is 38.1 Å². The first-order chi connectivity index (χ1) is 11.1. The molecule has 0 bridgehead atoms. The van der Waals surface area contributed by atoms with Crippen LogP contribution in [-0.2, 0) is 20.7 Å². The molecular formula is C15H24N4O3S. The molecular weight excluding hydrogens is 316 g/mol. The molecule has 1 aliphatic rings. The van der Waals surface area contributed by atoms with Crippen LogP contribution in [0.2, 0.25) is 0 Å². The molecule has 0 unspecified atom stereocenters. The molecule has 0 spiro atoms. The molecule has 1 N–H and O–H groups in total. The van der Waals surface area contributed by atoms with Crippen molar-refractivity contribution in [2.75, 3.05) is 31.6 Å². The molecule has 23 heavy (non-hydrogen) atoms. The second-order valence-corrected chi connectivity index (χ2v) is 6.59. The van der Waals surface area contributed by atoms with Gasteiger partial charge in [-0.05, 0) is 13.3 Å². The number of hydrogen-bond donors (Lipinski definition) is 1. The fourth-order valence-electron chi connectivity index (χ4n) is 2.43. The Morgan fingerprint density at radius 1 is 1.43 bits per heavy atom. The summed E-state index contributed by atoms with van der Waals surface area (Å²) in [5.74, 6) is -0.381. The lowest BCUT2D eigenvalue weighted by Crippen LogP contribution is -2.29. The van der Waals surface area contributed by atoms with E-state index in [9.17, 15) is 9.59 Å². The highest BCUT2D eigenvalue weighted by Crippen LogP contribution is 2.22. The minimum absolute atomic E-state index is 0.0632. The minimum Gasteiger partial charge on any atom is -0.381 e. The summed E-state index contributed by atoms with van der Waals surface area (Å²) in [7, 11) is 0. The zero-order valence-electron chi connectivity index (χ0n) is 13.7. The third-order valence-corrected chi connectivity index (χ3v) is 4.63. The van der Waals surface area contributed by atoms with E-state index in [-0.39, 0.29) is 24.2 Å². The number of ether oxygens (including phenoxy) is 1. The monoisotopic (exact) mass is 340 g/mol. The molecule has 2 heterocycles. The van der Waals surface area contributed by atoms with E-state index in [1.54, 1.807) is 4.90 Å². The number of aromatic nitrogens is 2. The zero-order chi connectivity index (χ0) is 16.7. The van der Waals surface area contributed by atoms with Crippen molar-refractivity contribution in [3.8, 4) is 0 Å². The maximum absolute atomic E-state index is 12.3. The summed E-state index contributed by atoms with van der Waals surface area (Å²) in [5, 5.41) is 12.1. The largest absolute Gasteiger partial charge is 0.381 e. The molecule has 1 saturated heterocycles. The van der Waals surface area contributed by atoms with Crippen LogP contribution in [0, 0.1) is 5.92 Å². The second kappa shape index (κ2) is 8.93. The summed E-state index contributed by atoms with van der Waals surface area (Å²) in [6.07, 6.45) is 2.98. The van der Waals surface area contributed by atoms with Gasteiger partial charge in [0.15, 0.2) is 0 Å². The average molecular weight is 340 g/mol. The van der Waals surface area contributed by atoms with E-state index in [2.05, 4.69) is 22.4 Å². The Hall–Kier alpha value is -1.54. The molecule has 2 rings (SSSR count). The minimum atomic E-state index is -0.296. The normalized spacial score (nSPS) is 17.7. The van der Waals surface area contributed by atoms with Crippen LogP contribution in [0.15, 0.2) is 0 Å². The van der Waals surface area contributed by atoms with E-state index < -0.39 is 0 Å². The first kappa shape index (κ1) is 17.8. The zero-order valence-corrected chi connectivity index (χ0v) is 14.5. The van der Waals surface area contributed by atoms with Gasteiger partial charge < -0.3 is 15.0 Å². The first-order valence-electron chi connectivity index (χ1n) is 8.12. The van der Waals surface area contributed by atoms with Gasteiger partial charge >= 0.3 is 0 Å². The van der Waals surface area contributed by atoms with Gasteiger partial charge in [0, 0.05) is 32.5 Å². The molecule has 0 aliphatic carbocycles. The van der Waals surface area contributed by atoms with Gasteiger partial charge in [0.25, 0.3) is 0 Å². The van der Waals surface area contributed by atoms with Crippen molar-refractivity contribution in [3.05, 3.63) is 5.01 Å². The number of nitrogens with zero attached hydrogens (tertiary/aromatic N) is 3. The van der Waals surface area contributed by atoms with Gasteiger partial charge in [0.05, 0.1) is 12.5 Å². The molecule has 0 saturated carbocycles. The van der Waals surface area contributed by atoms with Gasteiger partial charge in [-0.25, -0.2) is 0 Å². The number of hydrogen-bond acceptors (Lipinski definition) is 6. The number of carbonyl (C=O) groups is 2. The summed E-state index contributed by atoms with van der Waals surface area (Å²) in [4.78, 5) is 26.0. The Kier molecular flexibility index (Phi) is 6.91. The van der Waals surface area contributed by atoms with Gasteiger partial charge in [-0.15, -0.1) is 10.2 Å². The molecule has 7 nitrogen and oxygen atoms in total. The Morgan fingerprint density at radius 3 is 3.00 bits per heavy atom. The summed E-state index contributed by atoms with van der Waals surface area (Å²) >= 11 is 1.35. The summed E-state index contributed by atoms with van der Waals surface area (Å²) in [6, 6.07) is 0. The van der Waals surface area contributed by atoms with Gasteiger partial charge in [0.2, 0.25) is 16.9 Å². The quantitative estimate of drug-likeness (QED) is 0.692. The van der Waals surface area contributed by atoms with Crippen LogP contribution in [0.4, 0.5) is 5.13 Å². The smallest absolute Gasteiger partial charge is 0.231 e. The maximum Gasteiger partial charge on any atom is 0.231 e. The number of unbranched alkanes of at least 4 members (excludes halogenated alkanes) is 1. The van der Waals surface area contributed by atoms with Crippen LogP contribution >= 0.6 is 11.3 Å². The molecule has 0 aromatic carbocycles. The lowest BCUT2D eigenvalue weighted by molar-refractivity contribution is -0.128. The van der Waals surface area contributed by atoms with Gasteiger partial charge in [-0.2, -0.15) is 0 Å². The lowest BCUT2D eigenvalue weighted by Gasteiger charge is -2.15. The summed E-state index contributed by atoms with van der Waals surface area (Å²) < 4.78 is 5.27. The predicted octanol–water partition coefficient (Wildman–Crippen LogP) is 1.70. The van der Waals surface area contributed by atoms with Gasteiger partial charge in [-0.3, -0.25) is 9.59 Å². The molecule has 8 heteroatoms. The Morgan fingerprint density at radius 2 is 2.26 bits per heavy atom. The Bertz CT molecular complexity index is 535. The Labute approximate surface area is 140 Å². The van der Waals surface area contributed by atoms with E-state index in [0.717, 1.165) is 24.4 Å². The van der Waals surface area contributed by atoms with E-state index in [1.807, 2.05) is 6.92 Å². The molecule has 1 atom stereocenters. The van der Waals surface area contributed by atoms with E-state index in [0.29, 0.717) is 31.3 Å². The average Bonchev–Trinajstić information content (AvgIpc) is 3.12. The van der Waals surface area contributed by atoms with E-state index in [1.165, 1.54) is 11.3 Å². The number of carbonyl (C=O) groups excluding carboxylic acids is 2. The second-order valence-electron chi connectivity index (χ2n) is 5.53. The molecule has 1 aromatic heterocycles. The van der Waals surface area contributed by atoms with Crippen LogP contribution in [-0.4, -0.2) is 53.2 Å². The third kappa shape index (κ3) is 5.24. The van der Waals surface area contributed by atoms with Crippen molar-refractivity contribution < 1.29 is 14.3 Å². The number of likely N-dealkylation sites (tertiary alicyclic amines) is 1. The SMILES string of the molecule is CCCCN1C[C@H](C(=O)Nc2nnc(CCOCC)s2)CC1=O. The first-order valence-corrected chi connectivity index (χ1v) is 8.94. The van der Waals surface area contributed by atoms with E-state index in [4.69, 9.17) is 4.74 Å². The molecule has 0 radical (unpaired) electrons. The summed E-state index contributed by atoms with van der Waals surface area (Å²) in [6.45, 7) is 6.54. The van der Waals surface area contributed by atoms with Crippen molar-refractivity contribution in [3.63, 3.8) is 0 Å². The fourth-order valence-corrected chi connectivity index (χ4v) is 3.15. The summed E-state index contributed by atoms with van der Waals surface area (Å²) in [5.41, 5.74) is 0. The van der Waals surface area contributed by atoms with Crippen molar-refractivity contribution >= 4 is 28.3 Å². The third-order valence-electron chi connectivity index (χ3n) is 3.73.